The van der Waals surface area contributed by atoms with Crippen molar-refractivity contribution in [1.82, 2.24) is 15.4 Å². The molecule has 0 aliphatic carbocycles. The molecule has 0 bridgehead atoms. The SMILES string of the molecule is Cl.O=C(NC1CCNC1)c1sccc1S(=O)(=O)NCc1cccs1. The topological polar surface area (TPSA) is 87.3 Å². The maximum atomic E-state index is 12.5. The number of thiophene rings is 2. The van der Waals surface area contributed by atoms with Crippen molar-refractivity contribution in [1.29, 1.82) is 0 Å². The summed E-state index contributed by atoms with van der Waals surface area (Å²) in [6.45, 7) is 1.81. The summed E-state index contributed by atoms with van der Waals surface area (Å²) < 4.78 is 27.5. The minimum atomic E-state index is -3.71. The molecule has 1 amide bonds. The van der Waals surface area contributed by atoms with Crippen LogP contribution in [0.4, 0.5) is 0 Å². The molecule has 10 heteroatoms. The molecule has 3 rings (SSSR count). The standard InChI is InChI=1S/C14H17N3O3S3.ClH/c18-14(17-10-3-5-15-8-10)13-12(4-7-22-13)23(19,20)16-9-11-2-1-6-21-11;/h1-2,4,6-7,10,15-16H,3,5,8-9H2,(H,17,18);1H. The van der Waals surface area contributed by atoms with Gasteiger partial charge >= 0.3 is 0 Å². The zero-order valence-electron chi connectivity index (χ0n) is 12.7. The molecule has 3 heterocycles. The van der Waals surface area contributed by atoms with E-state index >= 15 is 0 Å². The van der Waals surface area contributed by atoms with Crippen molar-refractivity contribution >= 4 is 51.0 Å². The van der Waals surface area contributed by atoms with E-state index in [0.29, 0.717) is 0 Å². The second-order valence-electron chi connectivity index (χ2n) is 5.18. The fraction of sp³-hybridized carbons (Fsp3) is 0.357. The minimum Gasteiger partial charge on any atom is -0.347 e. The van der Waals surface area contributed by atoms with Crippen molar-refractivity contribution in [2.75, 3.05) is 13.1 Å². The van der Waals surface area contributed by atoms with Crippen molar-refractivity contribution in [3.8, 4) is 0 Å². The van der Waals surface area contributed by atoms with Crippen LogP contribution in [0, 0.1) is 0 Å². The number of halogens is 1. The zero-order chi connectivity index (χ0) is 16.3. The predicted molar refractivity (Wildman–Crippen MR) is 98.7 cm³/mol. The first-order valence-electron chi connectivity index (χ1n) is 7.17. The number of rotatable bonds is 6. The molecule has 1 aliphatic heterocycles. The number of carbonyl (C=O) groups is 1. The maximum absolute atomic E-state index is 12.5. The Bertz CT molecular complexity index is 768. The van der Waals surface area contributed by atoms with E-state index in [0.717, 1.165) is 35.7 Å². The molecule has 1 unspecified atom stereocenters. The number of hydrogen-bond acceptors (Lipinski definition) is 6. The van der Waals surface area contributed by atoms with E-state index in [2.05, 4.69) is 15.4 Å². The quantitative estimate of drug-likeness (QED) is 0.681. The number of sulfonamides is 1. The van der Waals surface area contributed by atoms with Crippen LogP contribution in [0.5, 0.6) is 0 Å². The lowest BCUT2D eigenvalue weighted by Crippen LogP contribution is -2.36. The third-order valence-electron chi connectivity index (χ3n) is 3.54. The Morgan fingerprint density at radius 1 is 1.29 bits per heavy atom. The Hall–Kier alpha value is -0.970. The molecule has 1 fully saturated rings. The highest BCUT2D eigenvalue weighted by Gasteiger charge is 2.26. The summed E-state index contributed by atoms with van der Waals surface area (Å²) in [6.07, 6.45) is 0.857. The van der Waals surface area contributed by atoms with Crippen LogP contribution in [-0.2, 0) is 16.6 Å². The molecule has 1 saturated heterocycles. The van der Waals surface area contributed by atoms with Gasteiger partial charge in [-0.25, -0.2) is 13.1 Å². The third kappa shape index (κ3) is 4.56. The molecule has 24 heavy (non-hydrogen) atoms. The zero-order valence-corrected chi connectivity index (χ0v) is 15.9. The molecule has 0 spiro atoms. The van der Waals surface area contributed by atoms with Gasteiger partial charge in [-0.05, 0) is 35.9 Å². The van der Waals surface area contributed by atoms with Gasteiger partial charge in [0.2, 0.25) is 10.0 Å². The summed E-state index contributed by atoms with van der Waals surface area (Å²) in [4.78, 5) is 13.5. The minimum absolute atomic E-state index is 0. The third-order valence-corrected chi connectivity index (χ3v) is 6.90. The van der Waals surface area contributed by atoms with Gasteiger partial charge in [0.05, 0.1) is 0 Å². The first kappa shape index (κ1) is 19.4. The first-order valence-corrected chi connectivity index (χ1v) is 10.4. The van der Waals surface area contributed by atoms with Gasteiger partial charge in [0.15, 0.2) is 0 Å². The lowest BCUT2D eigenvalue weighted by Gasteiger charge is -2.12. The van der Waals surface area contributed by atoms with Crippen molar-refractivity contribution in [2.24, 2.45) is 0 Å². The van der Waals surface area contributed by atoms with Crippen LogP contribution in [-0.4, -0.2) is 33.5 Å². The van der Waals surface area contributed by atoms with Gasteiger partial charge in [0.25, 0.3) is 5.91 Å². The highest BCUT2D eigenvalue weighted by Crippen LogP contribution is 2.22. The Balaban J connectivity index is 0.00000208. The largest absolute Gasteiger partial charge is 0.347 e. The van der Waals surface area contributed by atoms with Crippen LogP contribution in [0.15, 0.2) is 33.9 Å². The summed E-state index contributed by atoms with van der Waals surface area (Å²) >= 11 is 2.62. The Morgan fingerprint density at radius 3 is 2.79 bits per heavy atom. The second-order valence-corrected chi connectivity index (χ2v) is 8.86. The lowest BCUT2D eigenvalue weighted by molar-refractivity contribution is 0.0941. The lowest BCUT2D eigenvalue weighted by atomic mass is 10.2. The van der Waals surface area contributed by atoms with Gasteiger partial charge in [0, 0.05) is 24.0 Å². The summed E-state index contributed by atoms with van der Waals surface area (Å²) in [7, 11) is -3.71. The monoisotopic (exact) mass is 407 g/mol. The van der Waals surface area contributed by atoms with E-state index in [4.69, 9.17) is 0 Å². The van der Waals surface area contributed by atoms with E-state index in [9.17, 15) is 13.2 Å². The maximum Gasteiger partial charge on any atom is 0.263 e. The molecule has 6 nitrogen and oxygen atoms in total. The fourth-order valence-electron chi connectivity index (χ4n) is 2.36. The van der Waals surface area contributed by atoms with Gasteiger partial charge < -0.3 is 10.6 Å². The molecule has 132 valence electrons. The highest BCUT2D eigenvalue weighted by molar-refractivity contribution is 7.89. The number of nitrogens with one attached hydrogen (secondary N) is 3. The van der Waals surface area contributed by atoms with Crippen LogP contribution >= 0.6 is 35.1 Å². The van der Waals surface area contributed by atoms with Gasteiger partial charge in [-0.2, -0.15) is 0 Å². The summed E-state index contributed by atoms with van der Waals surface area (Å²) in [5, 5.41) is 9.56. The van der Waals surface area contributed by atoms with Crippen LogP contribution in [0.1, 0.15) is 21.0 Å². The van der Waals surface area contributed by atoms with E-state index in [1.165, 1.54) is 17.4 Å². The fourth-order valence-corrected chi connectivity index (χ4v) is 5.43. The summed E-state index contributed by atoms with van der Waals surface area (Å²) in [6, 6.07) is 5.26. The second kappa shape index (κ2) is 8.41. The van der Waals surface area contributed by atoms with Crippen molar-refractivity contribution in [3.63, 3.8) is 0 Å². The van der Waals surface area contributed by atoms with Crippen LogP contribution < -0.4 is 15.4 Å². The molecule has 0 aromatic carbocycles. The molecular formula is C14H18ClN3O3S3. The molecule has 0 saturated carbocycles. The van der Waals surface area contributed by atoms with E-state index < -0.39 is 10.0 Å². The van der Waals surface area contributed by atoms with E-state index in [1.54, 1.807) is 5.38 Å². The van der Waals surface area contributed by atoms with Gasteiger partial charge in [0.1, 0.15) is 9.77 Å². The van der Waals surface area contributed by atoms with Crippen molar-refractivity contribution in [2.45, 2.75) is 23.9 Å². The van der Waals surface area contributed by atoms with Crippen molar-refractivity contribution < 1.29 is 13.2 Å². The average molecular weight is 408 g/mol. The molecule has 1 atom stereocenters. The van der Waals surface area contributed by atoms with Crippen molar-refractivity contribution in [3.05, 3.63) is 38.7 Å². The number of hydrogen-bond donors (Lipinski definition) is 3. The van der Waals surface area contributed by atoms with Gasteiger partial charge in [-0.15, -0.1) is 35.1 Å². The van der Waals surface area contributed by atoms with E-state index in [1.807, 2.05) is 17.5 Å². The molecule has 0 radical (unpaired) electrons. The van der Waals surface area contributed by atoms with Gasteiger partial charge in [-0.3, -0.25) is 4.79 Å². The number of carbonyl (C=O) groups excluding carboxylic acids is 1. The normalized spacial score (nSPS) is 17.4. The van der Waals surface area contributed by atoms with Crippen LogP contribution in [0.2, 0.25) is 0 Å². The molecule has 3 N–H and O–H groups in total. The van der Waals surface area contributed by atoms with E-state index in [-0.39, 0.29) is 40.7 Å². The van der Waals surface area contributed by atoms with Gasteiger partial charge in [-0.1, -0.05) is 6.07 Å². The molecule has 2 aromatic heterocycles. The molecule has 1 aliphatic rings. The predicted octanol–water partition coefficient (Wildman–Crippen LogP) is 1.80. The number of amides is 1. The molecule has 2 aromatic rings. The Labute approximate surface area is 155 Å². The summed E-state index contributed by atoms with van der Waals surface area (Å²) in [5.74, 6) is -0.329. The Morgan fingerprint density at radius 2 is 2.12 bits per heavy atom. The highest BCUT2D eigenvalue weighted by atomic mass is 35.5. The summed E-state index contributed by atoms with van der Waals surface area (Å²) in [5.41, 5.74) is 0. The van der Waals surface area contributed by atoms with Crippen LogP contribution in [0.25, 0.3) is 0 Å². The smallest absolute Gasteiger partial charge is 0.263 e. The molecular weight excluding hydrogens is 390 g/mol. The first-order chi connectivity index (χ1) is 11.1. The average Bonchev–Trinajstić information content (AvgIpc) is 3.26. The Kier molecular flexibility index (Phi) is 6.79. The van der Waals surface area contributed by atoms with Crippen LogP contribution in [0.3, 0.4) is 0 Å².